The number of benzene rings is 2. The lowest BCUT2D eigenvalue weighted by Gasteiger charge is -2.08. The van der Waals surface area contributed by atoms with E-state index < -0.39 is 5.91 Å². The number of rotatable bonds is 6. The smallest absolute Gasteiger partial charge is 0.274 e. The molecular weight excluding hydrogens is 366 g/mol. The summed E-state index contributed by atoms with van der Waals surface area (Å²) in [6, 6.07) is 17.2. The van der Waals surface area contributed by atoms with E-state index in [4.69, 9.17) is 0 Å². The minimum atomic E-state index is -0.465. The van der Waals surface area contributed by atoms with Crippen molar-refractivity contribution in [2.75, 3.05) is 10.6 Å². The van der Waals surface area contributed by atoms with E-state index in [2.05, 4.69) is 22.5 Å². The number of Topliss-reactive ketones (excluding diaryl/α,β-unsaturated/α-hetero) is 1. The summed E-state index contributed by atoms with van der Waals surface area (Å²) in [5.41, 5.74) is 3.26. The fourth-order valence-electron chi connectivity index (χ4n) is 2.73. The maximum absolute atomic E-state index is 12.5. The van der Waals surface area contributed by atoms with Crippen molar-refractivity contribution in [2.24, 2.45) is 0 Å². The molecular formula is C23H21N3O3. The molecule has 0 fully saturated rings. The standard InChI is InChI=1S/C23H21N3O3/c1-3-16-7-9-19(10-8-16)25-22(28)18-11-12-24-21(14-18)23(29)26-20-6-4-5-17(13-20)15(2)27/h4-14H,3H2,1-2H3,(H,25,28)(H,26,29). The number of aryl methyl sites for hydroxylation is 1. The van der Waals surface area contributed by atoms with Gasteiger partial charge >= 0.3 is 0 Å². The van der Waals surface area contributed by atoms with Gasteiger partial charge in [0.25, 0.3) is 11.8 Å². The van der Waals surface area contributed by atoms with Crippen molar-refractivity contribution in [1.82, 2.24) is 4.98 Å². The zero-order valence-corrected chi connectivity index (χ0v) is 16.2. The highest BCUT2D eigenvalue weighted by molar-refractivity contribution is 6.08. The maximum atomic E-state index is 12.5. The molecule has 146 valence electrons. The topological polar surface area (TPSA) is 88.2 Å². The van der Waals surface area contributed by atoms with Crippen LogP contribution in [0.15, 0.2) is 66.9 Å². The van der Waals surface area contributed by atoms with Gasteiger partial charge in [0.15, 0.2) is 5.78 Å². The Morgan fingerprint density at radius 1 is 0.828 bits per heavy atom. The van der Waals surface area contributed by atoms with E-state index in [0.29, 0.717) is 22.5 Å². The highest BCUT2D eigenvalue weighted by atomic mass is 16.2. The van der Waals surface area contributed by atoms with Crippen LogP contribution in [0.5, 0.6) is 0 Å². The molecule has 0 aliphatic heterocycles. The fraction of sp³-hybridized carbons (Fsp3) is 0.130. The molecule has 0 radical (unpaired) electrons. The minimum absolute atomic E-state index is 0.0927. The molecule has 0 atom stereocenters. The molecule has 1 aromatic heterocycles. The summed E-state index contributed by atoms with van der Waals surface area (Å²) in [5, 5.41) is 5.51. The summed E-state index contributed by atoms with van der Waals surface area (Å²) in [7, 11) is 0. The van der Waals surface area contributed by atoms with E-state index in [9.17, 15) is 14.4 Å². The number of anilines is 2. The largest absolute Gasteiger partial charge is 0.322 e. The van der Waals surface area contributed by atoms with Crippen LogP contribution >= 0.6 is 0 Å². The van der Waals surface area contributed by atoms with Gasteiger partial charge in [-0.05, 0) is 55.3 Å². The lowest BCUT2D eigenvalue weighted by molar-refractivity contribution is 0.100. The number of carbonyl (C=O) groups is 3. The van der Waals surface area contributed by atoms with Gasteiger partial charge in [-0.1, -0.05) is 31.2 Å². The number of nitrogens with one attached hydrogen (secondary N) is 2. The summed E-state index contributed by atoms with van der Waals surface area (Å²) in [6.45, 7) is 3.52. The molecule has 29 heavy (non-hydrogen) atoms. The van der Waals surface area contributed by atoms with Crippen LogP contribution in [0, 0.1) is 0 Å². The van der Waals surface area contributed by atoms with Gasteiger partial charge in [-0.2, -0.15) is 0 Å². The van der Waals surface area contributed by atoms with Crippen molar-refractivity contribution in [3.8, 4) is 0 Å². The SMILES string of the molecule is CCc1ccc(NC(=O)c2ccnc(C(=O)Nc3cccc(C(C)=O)c3)c2)cc1. The van der Waals surface area contributed by atoms with Crippen LogP contribution in [-0.2, 0) is 6.42 Å². The molecule has 0 aliphatic carbocycles. The van der Waals surface area contributed by atoms with E-state index >= 15 is 0 Å². The average molecular weight is 387 g/mol. The van der Waals surface area contributed by atoms with Crippen molar-refractivity contribution >= 4 is 29.0 Å². The van der Waals surface area contributed by atoms with Gasteiger partial charge in [0.2, 0.25) is 0 Å². The quantitative estimate of drug-likeness (QED) is 0.616. The van der Waals surface area contributed by atoms with Crippen molar-refractivity contribution in [2.45, 2.75) is 20.3 Å². The molecule has 6 heteroatoms. The van der Waals surface area contributed by atoms with Crippen LogP contribution in [0.2, 0.25) is 0 Å². The fourth-order valence-corrected chi connectivity index (χ4v) is 2.73. The maximum Gasteiger partial charge on any atom is 0.274 e. The second-order valence-corrected chi connectivity index (χ2v) is 6.53. The summed E-state index contributed by atoms with van der Waals surface area (Å²) >= 11 is 0. The predicted molar refractivity (Wildman–Crippen MR) is 112 cm³/mol. The molecule has 0 saturated heterocycles. The number of hydrogen-bond donors (Lipinski definition) is 2. The van der Waals surface area contributed by atoms with E-state index in [1.165, 1.54) is 24.8 Å². The second kappa shape index (κ2) is 8.93. The Hall–Kier alpha value is -3.80. The first kappa shape index (κ1) is 19.9. The lowest BCUT2D eigenvalue weighted by atomic mass is 10.1. The van der Waals surface area contributed by atoms with Crippen LogP contribution in [0.1, 0.15) is 50.6 Å². The Morgan fingerprint density at radius 2 is 1.55 bits per heavy atom. The first-order chi connectivity index (χ1) is 14.0. The highest BCUT2D eigenvalue weighted by Gasteiger charge is 2.13. The molecule has 6 nitrogen and oxygen atoms in total. The number of amides is 2. The molecule has 2 amide bonds. The van der Waals surface area contributed by atoms with Gasteiger partial charge in [0.05, 0.1) is 0 Å². The van der Waals surface area contributed by atoms with Gasteiger partial charge in [0, 0.05) is 28.7 Å². The van der Waals surface area contributed by atoms with Crippen molar-refractivity contribution in [3.63, 3.8) is 0 Å². The lowest BCUT2D eigenvalue weighted by Crippen LogP contribution is -2.17. The van der Waals surface area contributed by atoms with Gasteiger partial charge in [-0.25, -0.2) is 0 Å². The number of nitrogens with zero attached hydrogens (tertiary/aromatic N) is 1. The van der Waals surface area contributed by atoms with Crippen LogP contribution in [-0.4, -0.2) is 22.6 Å². The summed E-state index contributed by atoms with van der Waals surface area (Å²) in [5.74, 6) is -0.887. The zero-order valence-electron chi connectivity index (χ0n) is 16.2. The summed E-state index contributed by atoms with van der Waals surface area (Å²) in [4.78, 5) is 40.6. The van der Waals surface area contributed by atoms with Crippen LogP contribution in [0.3, 0.4) is 0 Å². The number of hydrogen-bond acceptors (Lipinski definition) is 4. The van der Waals surface area contributed by atoms with Crippen molar-refractivity contribution in [1.29, 1.82) is 0 Å². The second-order valence-electron chi connectivity index (χ2n) is 6.53. The Kier molecular flexibility index (Phi) is 6.14. The molecule has 1 heterocycles. The van der Waals surface area contributed by atoms with Crippen LogP contribution in [0.4, 0.5) is 11.4 Å². The molecule has 2 aromatic carbocycles. The number of pyridine rings is 1. The van der Waals surface area contributed by atoms with Gasteiger partial charge in [-0.15, -0.1) is 0 Å². The van der Waals surface area contributed by atoms with Crippen LogP contribution < -0.4 is 10.6 Å². The number of aromatic nitrogens is 1. The predicted octanol–water partition coefficient (Wildman–Crippen LogP) is 4.35. The minimum Gasteiger partial charge on any atom is -0.322 e. The summed E-state index contributed by atoms with van der Waals surface area (Å²) < 4.78 is 0. The van der Waals surface area contributed by atoms with E-state index in [1.807, 2.05) is 24.3 Å². The van der Waals surface area contributed by atoms with E-state index in [0.717, 1.165) is 6.42 Å². The van der Waals surface area contributed by atoms with Gasteiger partial charge < -0.3 is 10.6 Å². The third kappa shape index (κ3) is 5.13. The Labute approximate surface area is 169 Å². The summed E-state index contributed by atoms with van der Waals surface area (Å²) in [6.07, 6.45) is 2.34. The Morgan fingerprint density at radius 3 is 2.24 bits per heavy atom. The van der Waals surface area contributed by atoms with Crippen LogP contribution in [0.25, 0.3) is 0 Å². The van der Waals surface area contributed by atoms with Gasteiger partial charge in [0.1, 0.15) is 5.69 Å². The average Bonchev–Trinajstić information content (AvgIpc) is 2.74. The third-order valence-corrected chi connectivity index (χ3v) is 4.40. The molecule has 3 rings (SSSR count). The molecule has 0 unspecified atom stereocenters. The molecule has 2 N–H and O–H groups in total. The first-order valence-electron chi connectivity index (χ1n) is 9.25. The third-order valence-electron chi connectivity index (χ3n) is 4.40. The molecule has 3 aromatic rings. The van der Waals surface area contributed by atoms with Gasteiger partial charge in [-0.3, -0.25) is 19.4 Å². The van der Waals surface area contributed by atoms with Crippen molar-refractivity contribution < 1.29 is 14.4 Å². The Balaban J connectivity index is 1.72. The highest BCUT2D eigenvalue weighted by Crippen LogP contribution is 2.14. The van der Waals surface area contributed by atoms with E-state index in [-0.39, 0.29) is 17.4 Å². The molecule has 0 aliphatic rings. The number of carbonyl (C=O) groups excluding carboxylic acids is 3. The number of ketones is 1. The monoisotopic (exact) mass is 387 g/mol. The molecule has 0 saturated carbocycles. The van der Waals surface area contributed by atoms with E-state index in [1.54, 1.807) is 30.3 Å². The van der Waals surface area contributed by atoms with Crippen molar-refractivity contribution in [3.05, 3.63) is 89.2 Å². The first-order valence-corrected chi connectivity index (χ1v) is 9.25. The molecule has 0 spiro atoms. The normalized spacial score (nSPS) is 10.3. The zero-order chi connectivity index (χ0) is 20.8. The molecule has 0 bridgehead atoms. The Bertz CT molecular complexity index is 1060.